The number of aromatic amines is 1. The average Bonchev–Trinajstić information content (AvgIpc) is 2.47. The van der Waals surface area contributed by atoms with Crippen LogP contribution in [-0.4, -0.2) is 29.8 Å². The molecule has 6 heteroatoms. The van der Waals surface area contributed by atoms with Crippen LogP contribution < -0.4 is 11.1 Å². The van der Waals surface area contributed by atoms with Crippen LogP contribution in [0.15, 0.2) is 0 Å². The van der Waals surface area contributed by atoms with Gasteiger partial charge in [0.05, 0.1) is 7.11 Å². The van der Waals surface area contributed by atoms with E-state index in [9.17, 15) is 4.79 Å². The van der Waals surface area contributed by atoms with Crippen LogP contribution in [0.4, 0.5) is 11.6 Å². The van der Waals surface area contributed by atoms with E-state index in [1.165, 1.54) is 7.11 Å². The van der Waals surface area contributed by atoms with Crippen LogP contribution in [0.25, 0.3) is 0 Å². The molecule has 1 rings (SSSR count). The summed E-state index contributed by atoms with van der Waals surface area (Å²) in [6, 6.07) is 0. The van der Waals surface area contributed by atoms with Crippen molar-refractivity contribution in [2.24, 2.45) is 0 Å². The second-order valence-electron chi connectivity index (χ2n) is 2.38. The largest absolute Gasteiger partial charge is 0.465 e. The lowest BCUT2D eigenvalue weighted by molar-refractivity contribution is 0.0603. The Kier molecular flexibility index (Phi) is 2.73. The van der Waals surface area contributed by atoms with Gasteiger partial charge in [0.1, 0.15) is 11.4 Å². The molecule has 0 bridgehead atoms. The third-order valence-electron chi connectivity index (χ3n) is 1.53. The van der Waals surface area contributed by atoms with E-state index >= 15 is 0 Å². The van der Waals surface area contributed by atoms with Crippen molar-refractivity contribution in [2.45, 2.75) is 6.92 Å². The molecule has 0 aromatic carbocycles. The maximum absolute atomic E-state index is 11.2. The van der Waals surface area contributed by atoms with Crippen LogP contribution in [-0.2, 0) is 4.74 Å². The summed E-state index contributed by atoms with van der Waals surface area (Å²) in [7, 11) is 1.30. The number of nitrogens with zero attached hydrogens (tertiary/aromatic N) is 1. The van der Waals surface area contributed by atoms with Gasteiger partial charge in [-0.05, 0) is 6.92 Å². The van der Waals surface area contributed by atoms with Gasteiger partial charge in [-0.15, -0.1) is 0 Å². The summed E-state index contributed by atoms with van der Waals surface area (Å²) in [5.41, 5.74) is 5.74. The number of methoxy groups -OCH3 is 1. The molecule has 1 aromatic heterocycles. The van der Waals surface area contributed by atoms with Crippen molar-refractivity contribution in [3.8, 4) is 0 Å². The molecule has 6 nitrogen and oxygen atoms in total. The van der Waals surface area contributed by atoms with E-state index in [1.807, 2.05) is 6.92 Å². The molecule has 4 N–H and O–H groups in total. The molecule has 0 spiro atoms. The summed E-state index contributed by atoms with van der Waals surface area (Å²) < 4.78 is 4.54. The van der Waals surface area contributed by atoms with E-state index in [-0.39, 0.29) is 11.4 Å². The zero-order valence-electron chi connectivity index (χ0n) is 7.55. The lowest BCUT2D eigenvalue weighted by Crippen LogP contribution is -2.08. The minimum atomic E-state index is -0.498. The number of esters is 1. The number of carbonyl (C=O) groups excluding carboxylic acids is 1. The van der Waals surface area contributed by atoms with Gasteiger partial charge < -0.3 is 15.8 Å². The van der Waals surface area contributed by atoms with Gasteiger partial charge in [0.2, 0.25) is 0 Å². The number of hydrogen-bond acceptors (Lipinski definition) is 5. The summed E-state index contributed by atoms with van der Waals surface area (Å²) in [5.74, 6) is 0.136. The normalized spacial score (nSPS) is 9.69. The number of rotatable bonds is 3. The molecular formula is C7H12N4O2. The Morgan fingerprint density at radius 3 is 3.00 bits per heavy atom. The molecule has 1 aromatic rings. The number of hydrogen-bond donors (Lipinski definition) is 3. The predicted octanol–water partition coefficient (Wildman–Crippen LogP) is 0.210. The fourth-order valence-electron chi connectivity index (χ4n) is 0.960. The maximum Gasteiger partial charge on any atom is 0.345 e. The first-order valence-corrected chi connectivity index (χ1v) is 3.86. The quantitative estimate of drug-likeness (QED) is 0.584. The number of aromatic nitrogens is 2. The van der Waals surface area contributed by atoms with E-state index in [0.29, 0.717) is 12.4 Å². The molecule has 0 aliphatic heterocycles. The Bertz CT molecular complexity index is 307. The summed E-state index contributed by atoms with van der Waals surface area (Å²) >= 11 is 0. The third kappa shape index (κ3) is 1.71. The Hall–Kier alpha value is -1.72. The van der Waals surface area contributed by atoms with Crippen molar-refractivity contribution in [3.05, 3.63) is 5.56 Å². The Labute approximate surface area is 75.5 Å². The highest BCUT2D eigenvalue weighted by molar-refractivity contribution is 5.99. The van der Waals surface area contributed by atoms with Crippen LogP contribution >= 0.6 is 0 Å². The van der Waals surface area contributed by atoms with Crippen molar-refractivity contribution in [2.75, 3.05) is 24.7 Å². The monoisotopic (exact) mass is 184 g/mol. The number of nitrogens with two attached hydrogens (primary N) is 1. The number of anilines is 2. The van der Waals surface area contributed by atoms with Crippen molar-refractivity contribution in [1.29, 1.82) is 0 Å². The number of ether oxygens (including phenoxy) is 1. The van der Waals surface area contributed by atoms with Gasteiger partial charge >= 0.3 is 5.97 Å². The Morgan fingerprint density at radius 2 is 2.46 bits per heavy atom. The average molecular weight is 184 g/mol. The maximum atomic E-state index is 11.2. The van der Waals surface area contributed by atoms with Crippen LogP contribution in [0.2, 0.25) is 0 Å². The summed E-state index contributed by atoms with van der Waals surface area (Å²) in [5, 5.41) is 9.20. The second-order valence-corrected chi connectivity index (χ2v) is 2.38. The summed E-state index contributed by atoms with van der Waals surface area (Å²) in [4.78, 5) is 11.2. The highest BCUT2D eigenvalue weighted by Gasteiger charge is 2.18. The highest BCUT2D eigenvalue weighted by atomic mass is 16.5. The molecule has 0 saturated heterocycles. The molecule has 0 unspecified atom stereocenters. The fourth-order valence-corrected chi connectivity index (χ4v) is 0.960. The summed E-state index contributed by atoms with van der Waals surface area (Å²) in [6.07, 6.45) is 0. The molecule has 72 valence electrons. The molecule has 0 aliphatic rings. The van der Waals surface area contributed by atoms with Gasteiger partial charge in [-0.1, -0.05) is 0 Å². The van der Waals surface area contributed by atoms with E-state index < -0.39 is 5.97 Å². The molecule has 0 atom stereocenters. The number of H-pyrrole nitrogens is 1. The molecule has 0 amide bonds. The van der Waals surface area contributed by atoms with Gasteiger partial charge in [-0.2, -0.15) is 5.10 Å². The first kappa shape index (κ1) is 9.37. The van der Waals surface area contributed by atoms with E-state index in [4.69, 9.17) is 5.73 Å². The lowest BCUT2D eigenvalue weighted by Gasteiger charge is -2.01. The fraction of sp³-hybridized carbons (Fsp3) is 0.429. The third-order valence-corrected chi connectivity index (χ3v) is 1.53. The second kappa shape index (κ2) is 3.79. The van der Waals surface area contributed by atoms with Gasteiger partial charge in [0, 0.05) is 6.54 Å². The number of carbonyl (C=O) groups is 1. The van der Waals surface area contributed by atoms with Crippen molar-refractivity contribution < 1.29 is 9.53 Å². The minimum absolute atomic E-state index is 0.211. The van der Waals surface area contributed by atoms with Crippen LogP contribution in [0.1, 0.15) is 17.3 Å². The van der Waals surface area contributed by atoms with Gasteiger partial charge in [0.15, 0.2) is 5.82 Å². The van der Waals surface area contributed by atoms with E-state index in [2.05, 4.69) is 20.3 Å². The minimum Gasteiger partial charge on any atom is -0.465 e. The van der Waals surface area contributed by atoms with Crippen molar-refractivity contribution in [1.82, 2.24) is 10.2 Å². The van der Waals surface area contributed by atoms with Gasteiger partial charge in [0.25, 0.3) is 0 Å². The summed E-state index contributed by atoms with van der Waals surface area (Å²) in [6.45, 7) is 2.56. The molecule has 0 radical (unpaired) electrons. The van der Waals surface area contributed by atoms with Gasteiger partial charge in [-0.25, -0.2) is 4.79 Å². The molecule has 1 heterocycles. The topological polar surface area (TPSA) is 93.0 Å². The first-order chi connectivity index (χ1) is 6.20. The van der Waals surface area contributed by atoms with Crippen LogP contribution in [0, 0.1) is 0 Å². The lowest BCUT2D eigenvalue weighted by atomic mass is 10.3. The van der Waals surface area contributed by atoms with Crippen molar-refractivity contribution in [3.63, 3.8) is 0 Å². The first-order valence-electron chi connectivity index (χ1n) is 3.86. The van der Waals surface area contributed by atoms with Crippen LogP contribution in [0.3, 0.4) is 0 Å². The molecular weight excluding hydrogens is 172 g/mol. The molecule has 0 saturated carbocycles. The van der Waals surface area contributed by atoms with Crippen LogP contribution in [0.5, 0.6) is 0 Å². The molecule has 13 heavy (non-hydrogen) atoms. The van der Waals surface area contributed by atoms with E-state index in [1.54, 1.807) is 0 Å². The Morgan fingerprint density at radius 1 is 1.77 bits per heavy atom. The predicted molar refractivity (Wildman–Crippen MR) is 48.5 cm³/mol. The Balaban J connectivity index is 3.01. The highest BCUT2D eigenvalue weighted by Crippen LogP contribution is 2.18. The molecule has 0 aliphatic carbocycles. The van der Waals surface area contributed by atoms with Crippen molar-refractivity contribution >= 4 is 17.6 Å². The number of nitrogen functional groups attached to an aromatic ring is 1. The van der Waals surface area contributed by atoms with E-state index in [0.717, 1.165) is 0 Å². The SMILES string of the molecule is CCNc1n[nH]c(N)c1C(=O)OC. The standard InChI is InChI=1S/C7H12N4O2/c1-3-9-6-4(7(12)13-2)5(8)10-11-6/h3H2,1-2H3,(H4,8,9,10,11). The number of nitrogens with one attached hydrogen (secondary N) is 2. The van der Waals surface area contributed by atoms with Gasteiger partial charge in [-0.3, -0.25) is 5.10 Å². The zero-order chi connectivity index (χ0) is 9.84. The molecule has 0 fully saturated rings. The smallest absolute Gasteiger partial charge is 0.345 e. The zero-order valence-corrected chi connectivity index (χ0v) is 7.55.